The first-order chi connectivity index (χ1) is 8.41. The highest BCUT2D eigenvalue weighted by atomic mass is 16.4. The number of urea groups is 1. The van der Waals surface area contributed by atoms with E-state index in [-0.39, 0.29) is 19.0 Å². The molecule has 1 N–H and O–H groups in total. The summed E-state index contributed by atoms with van der Waals surface area (Å²) in [5, 5.41) is 8.61. The average molecular weight is 256 g/mol. The van der Waals surface area contributed by atoms with Crippen molar-refractivity contribution in [3.8, 4) is 0 Å². The van der Waals surface area contributed by atoms with Crippen molar-refractivity contribution < 1.29 is 14.7 Å². The molecule has 1 aliphatic carbocycles. The van der Waals surface area contributed by atoms with Crippen LogP contribution in [-0.4, -0.2) is 53.6 Å². The van der Waals surface area contributed by atoms with Crippen LogP contribution in [0.1, 0.15) is 39.0 Å². The lowest BCUT2D eigenvalue weighted by atomic mass is 9.87. The van der Waals surface area contributed by atoms with E-state index in [9.17, 15) is 9.59 Å². The molecule has 1 fully saturated rings. The Morgan fingerprint density at radius 2 is 1.72 bits per heavy atom. The summed E-state index contributed by atoms with van der Waals surface area (Å²) in [5.74, 6) is -0.113. The molecule has 1 aliphatic rings. The molecule has 0 atom stereocenters. The zero-order valence-corrected chi connectivity index (χ0v) is 11.6. The van der Waals surface area contributed by atoms with Crippen molar-refractivity contribution in [3.63, 3.8) is 0 Å². The molecule has 1 saturated carbocycles. The smallest absolute Gasteiger partial charge is 0.319 e. The number of carbonyl (C=O) groups is 2. The minimum absolute atomic E-state index is 0.00220. The number of amides is 2. The topological polar surface area (TPSA) is 60.9 Å². The van der Waals surface area contributed by atoms with Crippen LogP contribution in [0.4, 0.5) is 4.79 Å². The van der Waals surface area contributed by atoms with Crippen molar-refractivity contribution in [3.05, 3.63) is 0 Å². The van der Waals surface area contributed by atoms with E-state index in [0.29, 0.717) is 6.04 Å². The first kappa shape index (κ1) is 14.8. The van der Waals surface area contributed by atoms with Crippen LogP contribution in [0.2, 0.25) is 0 Å². The number of rotatable bonds is 4. The highest BCUT2D eigenvalue weighted by Crippen LogP contribution is 2.26. The fourth-order valence-corrected chi connectivity index (χ4v) is 2.41. The van der Waals surface area contributed by atoms with Gasteiger partial charge in [0.05, 0.1) is 6.42 Å². The second kappa shape index (κ2) is 6.61. The highest BCUT2D eigenvalue weighted by Gasteiger charge is 2.26. The van der Waals surface area contributed by atoms with Gasteiger partial charge in [0.1, 0.15) is 0 Å². The number of carbonyl (C=O) groups excluding carboxylic acids is 1. The van der Waals surface area contributed by atoms with Crippen LogP contribution in [0.3, 0.4) is 0 Å². The van der Waals surface area contributed by atoms with E-state index in [2.05, 4.69) is 6.92 Å². The second-order valence-electron chi connectivity index (χ2n) is 5.37. The Labute approximate surface area is 109 Å². The standard InChI is InChI=1S/C13H24N2O3/c1-10-4-6-11(7-5-10)15(3)13(18)14(2)9-8-12(16)17/h10-11H,4-9H2,1-3H3,(H,16,17). The van der Waals surface area contributed by atoms with Gasteiger partial charge in [-0.05, 0) is 31.6 Å². The normalized spacial score (nSPS) is 23.5. The van der Waals surface area contributed by atoms with Crippen LogP contribution in [-0.2, 0) is 4.79 Å². The van der Waals surface area contributed by atoms with Gasteiger partial charge in [-0.1, -0.05) is 6.92 Å². The number of nitrogens with zero attached hydrogens (tertiary/aromatic N) is 2. The maximum atomic E-state index is 12.1. The van der Waals surface area contributed by atoms with Crippen LogP contribution < -0.4 is 0 Å². The molecular formula is C13H24N2O3. The van der Waals surface area contributed by atoms with E-state index in [1.807, 2.05) is 7.05 Å². The molecule has 18 heavy (non-hydrogen) atoms. The maximum Gasteiger partial charge on any atom is 0.319 e. The van der Waals surface area contributed by atoms with Crippen LogP contribution in [0, 0.1) is 5.92 Å². The van der Waals surface area contributed by atoms with Gasteiger partial charge >= 0.3 is 12.0 Å². The Balaban J connectivity index is 2.42. The number of aliphatic carboxylic acids is 1. The van der Waals surface area contributed by atoms with E-state index >= 15 is 0 Å². The molecule has 0 heterocycles. The SMILES string of the molecule is CC1CCC(N(C)C(=O)N(C)CCC(=O)O)CC1. The predicted octanol–water partition coefficient (Wildman–Crippen LogP) is 2.02. The molecule has 0 aliphatic heterocycles. The zero-order chi connectivity index (χ0) is 13.7. The second-order valence-corrected chi connectivity index (χ2v) is 5.37. The van der Waals surface area contributed by atoms with Crippen molar-refractivity contribution in [2.45, 2.75) is 45.1 Å². The number of hydrogen-bond donors (Lipinski definition) is 1. The van der Waals surface area contributed by atoms with Crippen molar-refractivity contribution in [2.75, 3.05) is 20.6 Å². The molecule has 1 rings (SSSR count). The molecule has 0 aromatic rings. The van der Waals surface area contributed by atoms with E-state index in [1.54, 1.807) is 11.9 Å². The van der Waals surface area contributed by atoms with Gasteiger partial charge in [0, 0.05) is 26.7 Å². The third-order valence-electron chi connectivity index (χ3n) is 3.82. The fraction of sp³-hybridized carbons (Fsp3) is 0.846. The summed E-state index contributed by atoms with van der Waals surface area (Å²) in [7, 11) is 3.48. The lowest BCUT2D eigenvalue weighted by Gasteiger charge is -2.35. The van der Waals surface area contributed by atoms with Crippen LogP contribution in [0.5, 0.6) is 0 Å². The van der Waals surface area contributed by atoms with E-state index < -0.39 is 5.97 Å². The summed E-state index contributed by atoms with van der Waals surface area (Å²) in [4.78, 5) is 25.8. The summed E-state index contributed by atoms with van der Waals surface area (Å²) in [6.45, 7) is 2.51. The van der Waals surface area contributed by atoms with Crippen molar-refractivity contribution in [1.82, 2.24) is 9.80 Å². The average Bonchev–Trinajstić information content (AvgIpc) is 2.35. The summed E-state index contributed by atoms with van der Waals surface area (Å²) in [5.41, 5.74) is 0. The molecular weight excluding hydrogens is 232 g/mol. The summed E-state index contributed by atoms with van der Waals surface area (Å²) in [6.07, 6.45) is 4.44. The van der Waals surface area contributed by atoms with Crippen molar-refractivity contribution in [1.29, 1.82) is 0 Å². The Morgan fingerprint density at radius 1 is 1.17 bits per heavy atom. The van der Waals surface area contributed by atoms with Gasteiger partial charge in [0.15, 0.2) is 0 Å². The van der Waals surface area contributed by atoms with Gasteiger partial charge in [-0.3, -0.25) is 4.79 Å². The Morgan fingerprint density at radius 3 is 2.22 bits per heavy atom. The first-order valence-corrected chi connectivity index (χ1v) is 6.61. The zero-order valence-electron chi connectivity index (χ0n) is 11.6. The number of carboxylic acids is 1. The monoisotopic (exact) mass is 256 g/mol. The van der Waals surface area contributed by atoms with Crippen molar-refractivity contribution >= 4 is 12.0 Å². The minimum Gasteiger partial charge on any atom is -0.481 e. The number of hydrogen-bond acceptors (Lipinski definition) is 2. The maximum absolute atomic E-state index is 12.1. The first-order valence-electron chi connectivity index (χ1n) is 6.61. The molecule has 0 bridgehead atoms. The molecule has 0 aromatic carbocycles. The molecule has 0 aromatic heterocycles. The van der Waals surface area contributed by atoms with E-state index in [4.69, 9.17) is 5.11 Å². The van der Waals surface area contributed by atoms with Crippen LogP contribution in [0.15, 0.2) is 0 Å². The van der Waals surface area contributed by atoms with Crippen molar-refractivity contribution in [2.24, 2.45) is 5.92 Å². The van der Waals surface area contributed by atoms with Crippen LogP contribution >= 0.6 is 0 Å². The van der Waals surface area contributed by atoms with Gasteiger partial charge in [0.25, 0.3) is 0 Å². The van der Waals surface area contributed by atoms with Gasteiger partial charge in [-0.25, -0.2) is 4.79 Å². The Hall–Kier alpha value is -1.26. The van der Waals surface area contributed by atoms with E-state index in [0.717, 1.165) is 18.8 Å². The quantitative estimate of drug-likeness (QED) is 0.837. The third kappa shape index (κ3) is 4.20. The third-order valence-corrected chi connectivity index (χ3v) is 3.82. The largest absolute Gasteiger partial charge is 0.481 e. The summed E-state index contributed by atoms with van der Waals surface area (Å²) < 4.78 is 0. The molecule has 5 heteroatoms. The molecule has 104 valence electrons. The highest BCUT2D eigenvalue weighted by molar-refractivity contribution is 5.75. The summed E-state index contributed by atoms with van der Waals surface area (Å²) >= 11 is 0. The predicted molar refractivity (Wildman–Crippen MR) is 69.5 cm³/mol. The minimum atomic E-state index is -0.871. The van der Waals surface area contributed by atoms with Gasteiger partial charge in [-0.15, -0.1) is 0 Å². The van der Waals surface area contributed by atoms with Gasteiger partial charge in [0.2, 0.25) is 0 Å². The molecule has 2 amide bonds. The van der Waals surface area contributed by atoms with E-state index in [1.165, 1.54) is 17.7 Å². The molecule has 0 unspecified atom stereocenters. The number of carboxylic acid groups (broad SMARTS) is 1. The van der Waals surface area contributed by atoms with Gasteiger partial charge in [-0.2, -0.15) is 0 Å². The lowest BCUT2D eigenvalue weighted by molar-refractivity contribution is -0.137. The van der Waals surface area contributed by atoms with Gasteiger partial charge < -0.3 is 14.9 Å². The Bertz CT molecular complexity index is 299. The molecule has 0 saturated heterocycles. The van der Waals surface area contributed by atoms with Crippen LogP contribution in [0.25, 0.3) is 0 Å². The molecule has 0 radical (unpaired) electrons. The fourth-order valence-electron chi connectivity index (χ4n) is 2.41. The molecule has 0 spiro atoms. The lowest BCUT2D eigenvalue weighted by Crippen LogP contribution is -2.46. The summed E-state index contributed by atoms with van der Waals surface area (Å²) in [6, 6.07) is 0.233. The Kier molecular flexibility index (Phi) is 5.44. The molecule has 5 nitrogen and oxygen atoms in total.